The number of carbonyl (C=O) groups is 1. The van der Waals surface area contributed by atoms with Crippen molar-refractivity contribution >= 4 is 17.5 Å². The van der Waals surface area contributed by atoms with E-state index in [1.54, 1.807) is 12.1 Å². The van der Waals surface area contributed by atoms with Crippen molar-refractivity contribution in [3.63, 3.8) is 0 Å². The minimum atomic E-state index is -0.119. The van der Waals surface area contributed by atoms with Crippen molar-refractivity contribution in [2.45, 2.75) is 13.8 Å². The minimum absolute atomic E-state index is 0.0238. The van der Waals surface area contributed by atoms with E-state index in [0.717, 1.165) is 6.54 Å². The van der Waals surface area contributed by atoms with E-state index in [0.29, 0.717) is 17.3 Å². The average Bonchev–Trinajstić information content (AvgIpc) is 2.24. The van der Waals surface area contributed by atoms with Gasteiger partial charge in [-0.05, 0) is 31.6 Å². The molecule has 100 valence electrons. The average molecular weight is 270 g/mol. The van der Waals surface area contributed by atoms with Gasteiger partial charge in [-0.25, -0.2) is 4.98 Å². The molecule has 0 fully saturated rings. The van der Waals surface area contributed by atoms with E-state index in [-0.39, 0.29) is 11.3 Å². The molecule has 5 heteroatoms. The lowest BCUT2D eigenvalue weighted by Gasteiger charge is -2.28. The molecule has 1 amide bonds. The van der Waals surface area contributed by atoms with Gasteiger partial charge in [-0.1, -0.05) is 25.4 Å². The highest BCUT2D eigenvalue weighted by atomic mass is 35.5. The quantitative estimate of drug-likeness (QED) is 0.832. The second-order valence-electron chi connectivity index (χ2n) is 5.45. The van der Waals surface area contributed by atoms with Gasteiger partial charge in [-0.2, -0.15) is 0 Å². The molecule has 0 unspecified atom stereocenters. The van der Waals surface area contributed by atoms with Gasteiger partial charge >= 0.3 is 0 Å². The molecule has 0 saturated heterocycles. The molecule has 0 atom stereocenters. The standard InChI is InChI=1S/C13H20ClN3O/c1-13(2,9-17(3)4)8-16-12(18)10-5-6-15-11(14)7-10/h5-7H,8-9H2,1-4H3,(H,16,18). The first kappa shape index (κ1) is 14.9. The summed E-state index contributed by atoms with van der Waals surface area (Å²) in [7, 11) is 4.04. The Hall–Kier alpha value is -1.13. The van der Waals surface area contributed by atoms with Gasteiger partial charge in [0, 0.05) is 24.8 Å². The summed E-state index contributed by atoms with van der Waals surface area (Å²) in [6, 6.07) is 3.22. The Kier molecular flexibility index (Phi) is 5.11. The van der Waals surface area contributed by atoms with E-state index in [2.05, 4.69) is 29.0 Å². The van der Waals surface area contributed by atoms with Gasteiger partial charge in [0.1, 0.15) is 5.15 Å². The molecule has 0 aliphatic carbocycles. The molecule has 0 aliphatic heterocycles. The molecule has 0 aromatic carbocycles. The smallest absolute Gasteiger partial charge is 0.251 e. The highest BCUT2D eigenvalue weighted by Crippen LogP contribution is 2.14. The number of hydrogen-bond acceptors (Lipinski definition) is 3. The molecule has 4 nitrogen and oxygen atoms in total. The van der Waals surface area contributed by atoms with Crippen LogP contribution in [0.15, 0.2) is 18.3 Å². The largest absolute Gasteiger partial charge is 0.351 e. The third kappa shape index (κ3) is 5.02. The fourth-order valence-electron chi connectivity index (χ4n) is 1.88. The Labute approximate surface area is 113 Å². The predicted molar refractivity (Wildman–Crippen MR) is 73.9 cm³/mol. The summed E-state index contributed by atoms with van der Waals surface area (Å²) in [5, 5.41) is 3.25. The molecule has 0 aliphatic rings. The first-order valence-electron chi connectivity index (χ1n) is 5.85. The Morgan fingerprint density at radius 2 is 2.17 bits per heavy atom. The SMILES string of the molecule is CN(C)CC(C)(C)CNC(=O)c1ccnc(Cl)c1. The summed E-state index contributed by atoms with van der Waals surface area (Å²) in [5.74, 6) is -0.119. The molecule has 1 aromatic rings. The lowest BCUT2D eigenvalue weighted by atomic mass is 9.93. The second kappa shape index (κ2) is 6.16. The van der Waals surface area contributed by atoms with E-state index in [1.807, 2.05) is 14.1 Å². The van der Waals surface area contributed by atoms with Crippen LogP contribution in [0.1, 0.15) is 24.2 Å². The monoisotopic (exact) mass is 269 g/mol. The maximum Gasteiger partial charge on any atom is 0.251 e. The third-order valence-corrected chi connectivity index (χ3v) is 2.67. The van der Waals surface area contributed by atoms with E-state index in [4.69, 9.17) is 11.6 Å². The Bertz CT molecular complexity index is 418. The lowest BCUT2D eigenvalue weighted by Crippen LogP contribution is -2.39. The number of rotatable bonds is 5. The van der Waals surface area contributed by atoms with Gasteiger partial charge in [0.25, 0.3) is 5.91 Å². The van der Waals surface area contributed by atoms with Gasteiger partial charge in [0.05, 0.1) is 0 Å². The van der Waals surface area contributed by atoms with Gasteiger partial charge in [0.15, 0.2) is 0 Å². The van der Waals surface area contributed by atoms with Crippen molar-refractivity contribution in [3.05, 3.63) is 29.0 Å². The fraction of sp³-hybridized carbons (Fsp3) is 0.538. The van der Waals surface area contributed by atoms with Gasteiger partial charge in [0.2, 0.25) is 0 Å². The summed E-state index contributed by atoms with van der Waals surface area (Å²) in [5.41, 5.74) is 0.561. The zero-order chi connectivity index (χ0) is 13.8. The van der Waals surface area contributed by atoms with E-state index in [1.165, 1.54) is 6.20 Å². The highest BCUT2D eigenvalue weighted by Gasteiger charge is 2.20. The summed E-state index contributed by atoms with van der Waals surface area (Å²) in [4.78, 5) is 17.9. The molecule has 18 heavy (non-hydrogen) atoms. The lowest BCUT2D eigenvalue weighted by molar-refractivity contribution is 0.0929. The van der Waals surface area contributed by atoms with Crippen LogP contribution < -0.4 is 5.32 Å². The third-order valence-electron chi connectivity index (χ3n) is 2.46. The Morgan fingerprint density at radius 1 is 1.50 bits per heavy atom. The summed E-state index contributed by atoms with van der Waals surface area (Å²) in [6.45, 7) is 5.76. The molecule has 1 N–H and O–H groups in total. The number of carbonyl (C=O) groups excluding carboxylic acids is 1. The van der Waals surface area contributed by atoms with Crippen molar-refractivity contribution < 1.29 is 4.79 Å². The van der Waals surface area contributed by atoms with Crippen molar-refractivity contribution in [3.8, 4) is 0 Å². The maximum absolute atomic E-state index is 11.9. The number of pyridine rings is 1. The first-order valence-corrected chi connectivity index (χ1v) is 6.22. The molecular formula is C13H20ClN3O. The van der Waals surface area contributed by atoms with E-state index < -0.39 is 0 Å². The minimum Gasteiger partial charge on any atom is -0.351 e. The van der Waals surface area contributed by atoms with Crippen molar-refractivity contribution in [1.82, 2.24) is 15.2 Å². The van der Waals surface area contributed by atoms with Crippen LogP contribution in [-0.2, 0) is 0 Å². The Morgan fingerprint density at radius 3 is 2.72 bits per heavy atom. The van der Waals surface area contributed by atoms with Crippen LogP contribution in [0.25, 0.3) is 0 Å². The summed E-state index contributed by atoms with van der Waals surface area (Å²) >= 11 is 5.75. The zero-order valence-electron chi connectivity index (χ0n) is 11.3. The van der Waals surface area contributed by atoms with Crippen molar-refractivity contribution in [2.75, 3.05) is 27.2 Å². The highest BCUT2D eigenvalue weighted by molar-refractivity contribution is 6.29. The molecule has 0 radical (unpaired) electrons. The molecule has 1 heterocycles. The number of aromatic nitrogens is 1. The van der Waals surface area contributed by atoms with E-state index >= 15 is 0 Å². The molecule has 0 bridgehead atoms. The zero-order valence-corrected chi connectivity index (χ0v) is 12.1. The van der Waals surface area contributed by atoms with Gasteiger partial charge in [-0.15, -0.1) is 0 Å². The van der Waals surface area contributed by atoms with Crippen LogP contribution >= 0.6 is 11.6 Å². The van der Waals surface area contributed by atoms with Gasteiger partial charge in [-0.3, -0.25) is 4.79 Å². The molecule has 0 saturated carbocycles. The molecule has 1 aromatic heterocycles. The summed E-state index contributed by atoms with van der Waals surface area (Å²) in [6.07, 6.45) is 1.53. The van der Waals surface area contributed by atoms with Crippen LogP contribution in [0, 0.1) is 5.41 Å². The van der Waals surface area contributed by atoms with Gasteiger partial charge < -0.3 is 10.2 Å². The van der Waals surface area contributed by atoms with Crippen LogP contribution in [-0.4, -0.2) is 43.0 Å². The topological polar surface area (TPSA) is 45.2 Å². The first-order chi connectivity index (χ1) is 8.30. The fourth-order valence-corrected chi connectivity index (χ4v) is 2.05. The van der Waals surface area contributed by atoms with Crippen LogP contribution in [0.2, 0.25) is 5.15 Å². The van der Waals surface area contributed by atoms with Crippen molar-refractivity contribution in [1.29, 1.82) is 0 Å². The predicted octanol–water partition coefficient (Wildman–Crippen LogP) is 2.05. The van der Waals surface area contributed by atoms with Crippen LogP contribution in [0.3, 0.4) is 0 Å². The molecular weight excluding hydrogens is 250 g/mol. The number of nitrogens with one attached hydrogen (secondary N) is 1. The normalized spacial score (nSPS) is 11.7. The molecule has 0 spiro atoms. The Balaban J connectivity index is 2.56. The van der Waals surface area contributed by atoms with E-state index in [9.17, 15) is 4.79 Å². The van der Waals surface area contributed by atoms with Crippen LogP contribution in [0.5, 0.6) is 0 Å². The summed E-state index contributed by atoms with van der Waals surface area (Å²) < 4.78 is 0. The second-order valence-corrected chi connectivity index (χ2v) is 5.84. The van der Waals surface area contributed by atoms with Crippen LogP contribution in [0.4, 0.5) is 0 Å². The van der Waals surface area contributed by atoms with Crippen molar-refractivity contribution in [2.24, 2.45) is 5.41 Å². The number of amides is 1. The number of nitrogens with zero attached hydrogens (tertiary/aromatic N) is 2. The molecule has 1 rings (SSSR count). The number of hydrogen-bond donors (Lipinski definition) is 1. The number of halogens is 1. The maximum atomic E-state index is 11.9.